The van der Waals surface area contributed by atoms with Gasteiger partial charge in [0.1, 0.15) is 0 Å². The van der Waals surface area contributed by atoms with Gasteiger partial charge in [0.05, 0.1) is 0 Å². The number of hydrogen-bond donors (Lipinski definition) is 0. The van der Waals surface area contributed by atoms with Crippen molar-refractivity contribution in [3.63, 3.8) is 0 Å². The monoisotopic (exact) mass is 786 g/mol. The maximum Gasteiger partial charge on any atom is 2.00 e. The van der Waals surface area contributed by atoms with Gasteiger partial charge in [-0.25, -0.2) is 20.1 Å². The summed E-state index contributed by atoms with van der Waals surface area (Å²) in [6.45, 7) is 17.0. The average molecular weight is 791 g/mol. The van der Waals surface area contributed by atoms with E-state index in [0.29, 0.717) is 11.8 Å². The molecule has 0 aromatic rings. The molecule has 0 radical (unpaired) electrons. The smallest absolute Gasteiger partial charge is 0.854 e. The summed E-state index contributed by atoms with van der Waals surface area (Å²) in [4.78, 5) is 46.8. The maximum atomic E-state index is 11.7. The van der Waals surface area contributed by atoms with Crippen molar-refractivity contribution in [1.82, 2.24) is 0 Å². The van der Waals surface area contributed by atoms with E-state index in [-0.39, 0.29) is 68.9 Å². The number of hydrogen-bond acceptors (Lipinski definition) is 6. The van der Waals surface area contributed by atoms with Gasteiger partial charge in [0.15, 0.2) is 0 Å². The molecular formula is C24H52O4P2S4Zn3. The van der Waals surface area contributed by atoms with E-state index in [1.807, 2.05) is 0 Å². The van der Waals surface area contributed by atoms with E-state index in [4.69, 9.17) is 24.5 Å². The van der Waals surface area contributed by atoms with E-state index in [1.54, 1.807) is 0 Å². The molecule has 0 rings (SSSR count). The Kier molecular flexibility index (Phi) is 39.3. The van der Waals surface area contributed by atoms with Gasteiger partial charge in [0.2, 0.25) is 0 Å². The minimum Gasteiger partial charge on any atom is -0.854 e. The van der Waals surface area contributed by atoms with Gasteiger partial charge in [0.25, 0.3) is 0 Å². The van der Waals surface area contributed by atoms with Crippen LogP contribution in [0.25, 0.3) is 0 Å². The predicted molar refractivity (Wildman–Crippen MR) is 159 cm³/mol. The van der Waals surface area contributed by atoms with E-state index < -0.39 is 31.5 Å². The van der Waals surface area contributed by atoms with E-state index >= 15 is 0 Å². The molecule has 0 aliphatic heterocycles. The molecule has 4 nitrogen and oxygen atoms in total. The van der Waals surface area contributed by atoms with Gasteiger partial charge in [-0.15, -0.1) is 0 Å². The summed E-state index contributed by atoms with van der Waals surface area (Å²) >= 11 is 9.47. The summed E-state index contributed by atoms with van der Waals surface area (Å²) in [5.41, 5.74) is -7.16. The standard InChI is InChI=1S/2C12H26O2PS2.3Zn/c2*1-5-8-9-17(15(13,14)16)11(4)10-12(6-2)7-3;;;/h2*11-12H,5-10H2,1-4H3;;;/q2*-3;3*+2. The van der Waals surface area contributed by atoms with E-state index in [9.17, 15) is 19.6 Å². The quantitative estimate of drug-likeness (QED) is 0.123. The molecule has 0 N–H and O–H groups in total. The van der Waals surface area contributed by atoms with Crippen LogP contribution in [0.5, 0.6) is 0 Å². The Labute approximate surface area is 284 Å². The average Bonchev–Trinajstić information content (AvgIpc) is 2.74. The number of unbranched alkanes of at least 4 members (excludes halogenated alkanes) is 2. The molecule has 0 aromatic heterocycles. The molecule has 37 heavy (non-hydrogen) atoms. The third-order valence-corrected chi connectivity index (χ3v) is 21.5. The summed E-state index contributed by atoms with van der Waals surface area (Å²) in [5, 5.41) is 0.458. The summed E-state index contributed by atoms with van der Waals surface area (Å²) in [6.07, 6.45) is 10.6. The number of rotatable bonds is 16. The molecule has 0 fully saturated rings. The van der Waals surface area contributed by atoms with Crippen LogP contribution in [0.1, 0.15) is 120 Å². The largest absolute Gasteiger partial charge is 2.00 e. The van der Waals surface area contributed by atoms with Gasteiger partial charge in [-0.1, -0.05) is 93.9 Å². The van der Waals surface area contributed by atoms with Crippen LogP contribution in [0.2, 0.25) is 0 Å². The van der Waals surface area contributed by atoms with Gasteiger partial charge >= 0.3 is 58.4 Å². The fraction of sp³-hybridized carbons (Fsp3) is 1.00. The third-order valence-electron chi connectivity index (χ3n) is 6.56. The molecule has 4 unspecified atom stereocenters. The van der Waals surface area contributed by atoms with Crippen molar-refractivity contribution in [2.24, 2.45) is 11.8 Å². The molecule has 4 atom stereocenters. The maximum absolute atomic E-state index is 11.7. The van der Waals surface area contributed by atoms with Crippen LogP contribution in [0.15, 0.2) is 0 Å². The molecule has 0 aromatic carbocycles. The van der Waals surface area contributed by atoms with Crippen molar-refractivity contribution in [3.8, 4) is 0 Å². The topological polar surface area (TPSA) is 92.2 Å². The van der Waals surface area contributed by atoms with Gasteiger partial charge in [-0.3, -0.25) is 0 Å². The van der Waals surface area contributed by atoms with Crippen LogP contribution in [-0.4, -0.2) is 22.0 Å². The zero-order valence-corrected chi connectivity index (χ0v) is 39.0. The first kappa shape index (κ1) is 50.6. The SMILES string of the molecule is CCCCS(C(C)CC(CC)CC)=P([O-])([O-])[S-].CCCCS(C(C)CC(CC)CC)=P([O-])([O-])[S-].[Zn+2].[Zn+2].[Zn+2]. The fourth-order valence-electron chi connectivity index (χ4n) is 4.06. The zero-order chi connectivity index (χ0) is 26.9. The van der Waals surface area contributed by atoms with Crippen molar-refractivity contribution < 1.29 is 78.0 Å². The Morgan fingerprint density at radius 3 is 0.973 bits per heavy atom. The minimum atomic E-state index is -3.58. The summed E-state index contributed by atoms with van der Waals surface area (Å²) in [5.74, 6) is 2.82. The van der Waals surface area contributed by atoms with Gasteiger partial charge in [-0.05, 0) is 59.5 Å². The molecule has 0 aliphatic carbocycles. The second kappa shape index (κ2) is 28.7. The normalized spacial score (nSPS) is 14.9. The van der Waals surface area contributed by atoms with Crippen LogP contribution < -0.4 is 19.6 Å². The molecule has 0 saturated heterocycles. The van der Waals surface area contributed by atoms with Crippen LogP contribution >= 0.6 is 11.4 Å². The molecule has 0 amide bonds. The first-order valence-electron chi connectivity index (χ1n) is 13.2. The van der Waals surface area contributed by atoms with Crippen LogP contribution in [-0.2, 0) is 103 Å². The Balaban J connectivity index is -0.000000171. The Morgan fingerprint density at radius 1 is 0.568 bits per heavy atom. The molecule has 212 valence electrons. The van der Waals surface area contributed by atoms with Crippen molar-refractivity contribution in [1.29, 1.82) is 0 Å². The molecule has 0 spiro atoms. The summed E-state index contributed by atoms with van der Waals surface area (Å²) in [7, 11) is -1.19. The summed E-state index contributed by atoms with van der Waals surface area (Å²) in [6, 6.07) is 0. The molecule has 13 heteroatoms. The van der Waals surface area contributed by atoms with Crippen molar-refractivity contribution in [3.05, 3.63) is 0 Å². The third kappa shape index (κ3) is 25.0. The molecule has 0 aliphatic rings. The molecule has 0 heterocycles. The fourth-order valence-corrected chi connectivity index (χ4v) is 17.6. The first-order valence-corrected chi connectivity index (χ1v) is 22.6. The van der Waals surface area contributed by atoms with Crippen LogP contribution in [0.4, 0.5) is 0 Å². The van der Waals surface area contributed by atoms with Gasteiger partial charge < -0.3 is 55.5 Å². The van der Waals surface area contributed by atoms with E-state index in [2.05, 4.69) is 55.4 Å². The second-order valence-corrected chi connectivity index (χ2v) is 25.1. The second-order valence-electron chi connectivity index (χ2n) is 9.27. The molecular weight excluding hydrogens is 739 g/mol. The Bertz CT molecular complexity index is 571. The Hall–Kier alpha value is 3.97. The molecule has 0 bridgehead atoms. The Morgan fingerprint density at radius 2 is 0.811 bits per heavy atom. The van der Waals surface area contributed by atoms with Crippen molar-refractivity contribution in [2.45, 2.75) is 130 Å². The van der Waals surface area contributed by atoms with Crippen molar-refractivity contribution in [2.75, 3.05) is 11.5 Å². The minimum absolute atomic E-state index is 0. The van der Waals surface area contributed by atoms with Crippen molar-refractivity contribution >= 4 is 56.0 Å². The summed E-state index contributed by atoms with van der Waals surface area (Å²) < 4.78 is 0. The van der Waals surface area contributed by atoms with Crippen LogP contribution in [0, 0.1) is 11.8 Å². The van der Waals surface area contributed by atoms with E-state index in [0.717, 1.165) is 75.7 Å². The zero-order valence-electron chi connectivity index (χ0n) is 25.1. The van der Waals surface area contributed by atoms with Gasteiger partial charge in [0, 0.05) is 0 Å². The van der Waals surface area contributed by atoms with E-state index in [1.165, 1.54) is 0 Å². The van der Waals surface area contributed by atoms with Crippen LogP contribution in [0.3, 0.4) is 0 Å². The molecule has 0 saturated carbocycles. The predicted octanol–water partition coefficient (Wildman–Crippen LogP) is 5.12. The first-order chi connectivity index (χ1) is 15.7. The van der Waals surface area contributed by atoms with Gasteiger partial charge in [-0.2, -0.15) is 0 Å².